The van der Waals surface area contributed by atoms with Gasteiger partial charge in [-0.25, -0.2) is 4.98 Å². The molecular weight excluding hydrogens is 220 g/mol. The molecule has 80 valence electrons. The van der Waals surface area contributed by atoms with Crippen LogP contribution in [0.1, 0.15) is 11.1 Å². The second kappa shape index (κ2) is 4.86. The van der Waals surface area contributed by atoms with Crippen molar-refractivity contribution in [3.8, 4) is 0 Å². The number of pyridine rings is 1. The van der Waals surface area contributed by atoms with Crippen molar-refractivity contribution >= 4 is 23.4 Å². The molecule has 1 N–H and O–H groups in total. The molecule has 0 aromatic carbocycles. The summed E-state index contributed by atoms with van der Waals surface area (Å²) in [5.41, 5.74) is 0.807. The van der Waals surface area contributed by atoms with Crippen LogP contribution in [0.4, 0.5) is 5.69 Å². The fraction of sp³-hybridized carbons (Fsp3) is 0.222. The molecule has 0 radical (unpaired) electrons. The van der Waals surface area contributed by atoms with E-state index < -0.39 is 4.92 Å². The van der Waals surface area contributed by atoms with Gasteiger partial charge in [-0.05, 0) is 6.92 Å². The molecular formula is C9H9ClN2O3. The van der Waals surface area contributed by atoms with Gasteiger partial charge >= 0.3 is 5.69 Å². The summed E-state index contributed by atoms with van der Waals surface area (Å²) in [6.45, 7) is 1.46. The molecule has 0 atom stereocenters. The minimum Gasteiger partial charge on any atom is -0.392 e. The van der Waals surface area contributed by atoms with E-state index in [0.717, 1.165) is 0 Å². The van der Waals surface area contributed by atoms with Crippen molar-refractivity contribution in [2.75, 3.05) is 6.61 Å². The van der Waals surface area contributed by atoms with Crippen molar-refractivity contribution in [3.05, 3.63) is 38.7 Å². The van der Waals surface area contributed by atoms with Gasteiger partial charge in [-0.15, -0.1) is 0 Å². The molecule has 0 aliphatic heterocycles. The van der Waals surface area contributed by atoms with Crippen LogP contribution in [0.25, 0.3) is 6.08 Å². The average Bonchev–Trinajstić information content (AvgIpc) is 2.16. The molecule has 0 aliphatic rings. The predicted octanol–water partition coefficient (Wildman–Crippen LogP) is 1.96. The lowest BCUT2D eigenvalue weighted by molar-refractivity contribution is -0.385. The third kappa shape index (κ3) is 2.51. The third-order valence-electron chi connectivity index (χ3n) is 1.89. The molecule has 1 aromatic heterocycles. The smallest absolute Gasteiger partial charge is 0.309 e. The van der Waals surface area contributed by atoms with Crippen LogP contribution in [-0.4, -0.2) is 21.6 Å². The summed E-state index contributed by atoms with van der Waals surface area (Å²) < 4.78 is 0. The molecule has 1 rings (SSSR count). The summed E-state index contributed by atoms with van der Waals surface area (Å²) in [7, 11) is 0. The Morgan fingerprint density at radius 2 is 2.40 bits per heavy atom. The van der Waals surface area contributed by atoms with Gasteiger partial charge in [0.2, 0.25) is 5.15 Å². The lowest BCUT2D eigenvalue weighted by atomic mass is 10.1. The standard InChI is InChI=1S/C9H9ClN2O3/c1-6-7(3-2-4-13)5-11-9(10)8(6)12(14)15/h2-3,5,13H,4H2,1H3. The Bertz CT molecular complexity index is 418. The van der Waals surface area contributed by atoms with E-state index >= 15 is 0 Å². The zero-order chi connectivity index (χ0) is 11.4. The molecule has 0 aliphatic carbocycles. The number of rotatable bonds is 3. The lowest BCUT2D eigenvalue weighted by Gasteiger charge is -2.02. The Labute approximate surface area is 91.2 Å². The van der Waals surface area contributed by atoms with E-state index in [9.17, 15) is 10.1 Å². The highest BCUT2D eigenvalue weighted by Crippen LogP contribution is 2.28. The summed E-state index contributed by atoms with van der Waals surface area (Å²) in [6.07, 6.45) is 4.46. The molecule has 5 nitrogen and oxygen atoms in total. The molecule has 0 spiro atoms. The molecule has 0 bridgehead atoms. The van der Waals surface area contributed by atoms with Crippen molar-refractivity contribution < 1.29 is 10.0 Å². The zero-order valence-electron chi connectivity index (χ0n) is 7.98. The monoisotopic (exact) mass is 228 g/mol. The van der Waals surface area contributed by atoms with Crippen LogP contribution >= 0.6 is 11.6 Å². The van der Waals surface area contributed by atoms with E-state index in [1.165, 1.54) is 12.3 Å². The van der Waals surface area contributed by atoms with E-state index in [-0.39, 0.29) is 17.4 Å². The summed E-state index contributed by atoms with van der Waals surface area (Å²) in [6, 6.07) is 0. The molecule has 0 fully saturated rings. The zero-order valence-corrected chi connectivity index (χ0v) is 8.73. The fourth-order valence-electron chi connectivity index (χ4n) is 1.14. The van der Waals surface area contributed by atoms with E-state index in [4.69, 9.17) is 16.7 Å². The Morgan fingerprint density at radius 1 is 1.73 bits per heavy atom. The van der Waals surface area contributed by atoms with Gasteiger partial charge in [0.05, 0.1) is 11.5 Å². The minimum atomic E-state index is -0.568. The number of hydrogen-bond acceptors (Lipinski definition) is 4. The number of aliphatic hydroxyl groups is 1. The number of hydrogen-bond donors (Lipinski definition) is 1. The van der Waals surface area contributed by atoms with Crippen molar-refractivity contribution in [3.63, 3.8) is 0 Å². The number of aliphatic hydroxyl groups excluding tert-OH is 1. The van der Waals surface area contributed by atoms with Crippen LogP contribution in [0, 0.1) is 17.0 Å². The van der Waals surface area contributed by atoms with Crippen molar-refractivity contribution in [1.82, 2.24) is 4.98 Å². The number of halogens is 1. The van der Waals surface area contributed by atoms with Crippen LogP contribution in [0.15, 0.2) is 12.3 Å². The molecule has 0 saturated heterocycles. The second-order valence-electron chi connectivity index (χ2n) is 2.82. The molecule has 6 heteroatoms. The molecule has 15 heavy (non-hydrogen) atoms. The highest BCUT2D eigenvalue weighted by Gasteiger charge is 2.19. The van der Waals surface area contributed by atoms with Gasteiger partial charge in [0.15, 0.2) is 0 Å². The predicted molar refractivity (Wildman–Crippen MR) is 56.8 cm³/mol. The first-order valence-corrected chi connectivity index (χ1v) is 4.52. The maximum Gasteiger partial charge on any atom is 0.309 e. The number of nitro groups is 1. The van der Waals surface area contributed by atoms with Crippen LogP contribution in [-0.2, 0) is 0 Å². The van der Waals surface area contributed by atoms with E-state index in [1.54, 1.807) is 13.0 Å². The summed E-state index contributed by atoms with van der Waals surface area (Å²) in [5, 5.41) is 19.1. The summed E-state index contributed by atoms with van der Waals surface area (Å²) in [4.78, 5) is 13.8. The van der Waals surface area contributed by atoms with Crippen molar-refractivity contribution in [2.24, 2.45) is 0 Å². The Hall–Kier alpha value is -1.46. The lowest BCUT2D eigenvalue weighted by Crippen LogP contribution is -1.97. The van der Waals surface area contributed by atoms with Crippen LogP contribution in [0.2, 0.25) is 5.15 Å². The largest absolute Gasteiger partial charge is 0.392 e. The third-order valence-corrected chi connectivity index (χ3v) is 2.16. The van der Waals surface area contributed by atoms with Gasteiger partial charge in [-0.2, -0.15) is 0 Å². The number of nitrogens with zero attached hydrogens (tertiary/aromatic N) is 2. The molecule has 0 amide bonds. The van der Waals surface area contributed by atoms with E-state index in [1.807, 2.05) is 0 Å². The molecule has 1 heterocycles. The Morgan fingerprint density at radius 3 is 2.93 bits per heavy atom. The summed E-state index contributed by atoms with van der Waals surface area (Å²) in [5.74, 6) is 0. The van der Waals surface area contributed by atoms with Crippen LogP contribution in [0.5, 0.6) is 0 Å². The first-order valence-electron chi connectivity index (χ1n) is 4.14. The quantitative estimate of drug-likeness (QED) is 0.487. The Balaban J connectivity index is 3.28. The topological polar surface area (TPSA) is 76.3 Å². The van der Waals surface area contributed by atoms with Gasteiger partial charge in [-0.1, -0.05) is 23.8 Å². The molecule has 0 saturated carbocycles. The van der Waals surface area contributed by atoms with Crippen LogP contribution in [0.3, 0.4) is 0 Å². The van der Waals surface area contributed by atoms with Gasteiger partial charge < -0.3 is 5.11 Å². The summed E-state index contributed by atoms with van der Waals surface area (Å²) >= 11 is 5.60. The van der Waals surface area contributed by atoms with Crippen LogP contribution < -0.4 is 0 Å². The molecule has 1 aromatic rings. The first-order chi connectivity index (χ1) is 7.07. The molecule has 0 unspecified atom stereocenters. The van der Waals surface area contributed by atoms with Crippen molar-refractivity contribution in [1.29, 1.82) is 0 Å². The van der Waals surface area contributed by atoms with Gasteiger partial charge in [0, 0.05) is 17.3 Å². The second-order valence-corrected chi connectivity index (χ2v) is 3.18. The fourth-order valence-corrected chi connectivity index (χ4v) is 1.40. The SMILES string of the molecule is Cc1c(C=CCO)cnc(Cl)c1[N+](=O)[O-]. The van der Waals surface area contributed by atoms with Gasteiger partial charge in [-0.3, -0.25) is 10.1 Å². The van der Waals surface area contributed by atoms with E-state index in [2.05, 4.69) is 4.98 Å². The van der Waals surface area contributed by atoms with Crippen molar-refractivity contribution in [2.45, 2.75) is 6.92 Å². The maximum absolute atomic E-state index is 10.7. The highest BCUT2D eigenvalue weighted by molar-refractivity contribution is 6.31. The van der Waals surface area contributed by atoms with Gasteiger partial charge in [0.1, 0.15) is 0 Å². The Kier molecular flexibility index (Phi) is 3.76. The highest BCUT2D eigenvalue weighted by atomic mass is 35.5. The first kappa shape index (κ1) is 11.6. The normalized spacial score (nSPS) is 10.9. The minimum absolute atomic E-state index is 0.126. The van der Waals surface area contributed by atoms with Gasteiger partial charge in [0.25, 0.3) is 0 Å². The number of aromatic nitrogens is 1. The van der Waals surface area contributed by atoms with E-state index in [0.29, 0.717) is 11.1 Å². The maximum atomic E-state index is 10.7. The average molecular weight is 229 g/mol.